The lowest BCUT2D eigenvalue weighted by Gasteiger charge is -2.20. The molecule has 2 rings (SSSR count). The Bertz CT molecular complexity index is 496. The van der Waals surface area contributed by atoms with Gasteiger partial charge in [-0.2, -0.15) is 0 Å². The van der Waals surface area contributed by atoms with Crippen molar-refractivity contribution >= 4 is 0 Å². The number of aromatic hydroxyl groups is 1. The van der Waals surface area contributed by atoms with E-state index in [2.05, 4.69) is 30.2 Å². The minimum atomic E-state index is 0.279. The number of nitrogens with one attached hydrogen (secondary N) is 1. The van der Waals surface area contributed by atoms with Gasteiger partial charge in [-0.25, -0.2) is 0 Å². The number of aromatic nitrogens is 1. The van der Waals surface area contributed by atoms with Gasteiger partial charge in [-0.1, -0.05) is 18.2 Å². The molecule has 0 fully saturated rings. The van der Waals surface area contributed by atoms with E-state index in [1.807, 2.05) is 24.4 Å². The zero-order chi connectivity index (χ0) is 13.7. The molecule has 0 amide bonds. The van der Waals surface area contributed by atoms with Gasteiger partial charge in [0.15, 0.2) is 0 Å². The van der Waals surface area contributed by atoms with Crippen LogP contribution in [-0.4, -0.2) is 16.1 Å². The largest absolute Gasteiger partial charge is 0.508 e. The Morgan fingerprint density at radius 3 is 2.53 bits per heavy atom. The van der Waals surface area contributed by atoms with E-state index >= 15 is 0 Å². The Morgan fingerprint density at radius 1 is 1.16 bits per heavy atom. The monoisotopic (exact) mass is 256 g/mol. The van der Waals surface area contributed by atoms with E-state index in [9.17, 15) is 5.11 Å². The van der Waals surface area contributed by atoms with Gasteiger partial charge in [0.2, 0.25) is 0 Å². The van der Waals surface area contributed by atoms with Crippen LogP contribution in [0.25, 0.3) is 0 Å². The Morgan fingerprint density at radius 2 is 1.89 bits per heavy atom. The summed E-state index contributed by atoms with van der Waals surface area (Å²) in [6.45, 7) is 4.31. The molecule has 3 nitrogen and oxygen atoms in total. The van der Waals surface area contributed by atoms with Crippen LogP contribution in [0.3, 0.4) is 0 Å². The highest BCUT2D eigenvalue weighted by atomic mass is 16.3. The highest BCUT2D eigenvalue weighted by Crippen LogP contribution is 2.14. The minimum Gasteiger partial charge on any atom is -0.508 e. The Balaban J connectivity index is 1.90. The van der Waals surface area contributed by atoms with Crippen molar-refractivity contribution in [2.45, 2.75) is 32.4 Å². The first-order valence-electron chi connectivity index (χ1n) is 6.59. The van der Waals surface area contributed by atoms with E-state index in [-0.39, 0.29) is 6.04 Å². The molecule has 2 atom stereocenters. The first-order chi connectivity index (χ1) is 9.15. The summed E-state index contributed by atoms with van der Waals surface area (Å²) in [6, 6.07) is 12.1. The van der Waals surface area contributed by atoms with Crippen molar-refractivity contribution in [2.24, 2.45) is 0 Å². The molecule has 0 bridgehead atoms. The fraction of sp³-hybridized carbons (Fsp3) is 0.312. The standard InChI is InChI=1S/C16H20N2O/c1-12(10-14-5-7-16(19)8-6-14)18-13(2)15-4-3-9-17-11-15/h3-9,11-13,18-19H,10H2,1-2H3/t12?,13-/m1/s1. The van der Waals surface area contributed by atoms with Crippen LogP contribution in [0.2, 0.25) is 0 Å². The number of nitrogens with zero attached hydrogens (tertiary/aromatic N) is 1. The van der Waals surface area contributed by atoms with Crippen molar-refractivity contribution in [1.29, 1.82) is 0 Å². The Hall–Kier alpha value is -1.87. The predicted octanol–water partition coefficient (Wildman–Crippen LogP) is 3.07. The second-order valence-corrected chi connectivity index (χ2v) is 4.95. The third-order valence-electron chi connectivity index (χ3n) is 3.20. The smallest absolute Gasteiger partial charge is 0.115 e. The van der Waals surface area contributed by atoms with Crippen LogP contribution < -0.4 is 5.32 Å². The summed E-state index contributed by atoms with van der Waals surface area (Å²) in [5, 5.41) is 12.8. The van der Waals surface area contributed by atoms with Gasteiger partial charge in [0.25, 0.3) is 0 Å². The van der Waals surface area contributed by atoms with Crippen molar-refractivity contribution in [3.63, 3.8) is 0 Å². The molecule has 1 unspecified atom stereocenters. The molecule has 0 saturated carbocycles. The van der Waals surface area contributed by atoms with Gasteiger partial charge in [-0.15, -0.1) is 0 Å². The SMILES string of the molecule is CC(Cc1ccc(O)cc1)N[C@H](C)c1cccnc1. The number of rotatable bonds is 5. The Kier molecular flexibility index (Phi) is 4.53. The van der Waals surface area contributed by atoms with Crippen molar-refractivity contribution in [3.05, 3.63) is 59.9 Å². The molecule has 0 aliphatic rings. The summed E-state index contributed by atoms with van der Waals surface area (Å²) in [5.41, 5.74) is 2.41. The highest BCUT2D eigenvalue weighted by molar-refractivity contribution is 5.26. The zero-order valence-corrected chi connectivity index (χ0v) is 11.4. The topological polar surface area (TPSA) is 45.1 Å². The van der Waals surface area contributed by atoms with Crippen molar-refractivity contribution in [3.8, 4) is 5.75 Å². The van der Waals surface area contributed by atoms with Gasteiger partial charge < -0.3 is 10.4 Å². The number of pyridine rings is 1. The molecule has 2 aromatic rings. The molecule has 0 radical (unpaired) electrons. The first-order valence-corrected chi connectivity index (χ1v) is 6.59. The molecule has 3 heteroatoms. The average molecular weight is 256 g/mol. The quantitative estimate of drug-likeness (QED) is 0.864. The maximum absolute atomic E-state index is 9.26. The fourth-order valence-corrected chi connectivity index (χ4v) is 2.20. The third-order valence-corrected chi connectivity index (χ3v) is 3.20. The van der Waals surface area contributed by atoms with Crippen LogP contribution in [0.15, 0.2) is 48.8 Å². The molecular weight excluding hydrogens is 236 g/mol. The summed E-state index contributed by atoms with van der Waals surface area (Å²) < 4.78 is 0. The van der Waals surface area contributed by atoms with E-state index in [4.69, 9.17) is 0 Å². The van der Waals surface area contributed by atoms with E-state index in [0.29, 0.717) is 11.8 Å². The summed E-state index contributed by atoms with van der Waals surface area (Å²) >= 11 is 0. The van der Waals surface area contributed by atoms with Gasteiger partial charge in [0.05, 0.1) is 0 Å². The summed E-state index contributed by atoms with van der Waals surface area (Å²) in [6.07, 6.45) is 4.62. The van der Waals surface area contributed by atoms with Crippen molar-refractivity contribution < 1.29 is 5.11 Å². The maximum atomic E-state index is 9.26. The fourth-order valence-electron chi connectivity index (χ4n) is 2.20. The number of phenolic OH excluding ortho intramolecular Hbond substituents is 1. The zero-order valence-electron chi connectivity index (χ0n) is 11.4. The maximum Gasteiger partial charge on any atom is 0.115 e. The molecule has 0 aliphatic carbocycles. The molecule has 2 N–H and O–H groups in total. The van der Waals surface area contributed by atoms with Crippen LogP contribution >= 0.6 is 0 Å². The van der Waals surface area contributed by atoms with Gasteiger partial charge in [-0.3, -0.25) is 4.98 Å². The van der Waals surface area contributed by atoms with Crippen LogP contribution in [0.4, 0.5) is 0 Å². The predicted molar refractivity (Wildman–Crippen MR) is 77.1 cm³/mol. The normalized spacial score (nSPS) is 14.0. The lowest BCUT2D eigenvalue weighted by atomic mass is 10.0. The summed E-state index contributed by atoms with van der Waals surface area (Å²) in [4.78, 5) is 4.14. The average Bonchev–Trinajstić information content (AvgIpc) is 2.42. The number of hydrogen-bond acceptors (Lipinski definition) is 3. The van der Waals surface area contributed by atoms with Crippen LogP contribution in [0, 0.1) is 0 Å². The van der Waals surface area contributed by atoms with Crippen molar-refractivity contribution in [1.82, 2.24) is 10.3 Å². The summed E-state index contributed by atoms with van der Waals surface area (Å²) in [5.74, 6) is 0.313. The lowest BCUT2D eigenvalue weighted by Crippen LogP contribution is -2.30. The molecule has 1 aromatic heterocycles. The van der Waals surface area contributed by atoms with Gasteiger partial charge in [-0.05, 0) is 49.6 Å². The lowest BCUT2D eigenvalue weighted by molar-refractivity contribution is 0.470. The molecule has 0 aliphatic heterocycles. The van der Waals surface area contributed by atoms with E-state index < -0.39 is 0 Å². The number of hydrogen-bond donors (Lipinski definition) is 2. The second-order valence-electron chi connectivity index (χ2n) is 4.95. The summed E-state index contributed by atoms with van der Waals surface area (Å²) in [7, 11) is 0. The van der Waals surface area contributed by atoms with Gasteiger partial charge in [0, 0.05) is 24.5 Å². The second kappa shape index (κ2) is 6.34. The first kappa shape index (κ1) is 13.6. The molecular formula is C16H20N2O. The molecule has 0 saturated heterocycles. The molecule has 100 valence electrons. The van der Waals surface area contributed by atoms with Crippen LogP contribution in [-0.2, 0) is 6.42 Å². The van der Waals surface area contributed by atoms with Gasteiger partial charge in [0.1, 0.15) is 5.75 Å². The van der Waals surface area contributed by atoms with E-state index in [1.54, 1.807) is 18.3 Å². The molecule has 1 aromatic carbocycles. The number of phenols is 1. The molecule has 1 heterocycles. The van der Waals surface area contributed by atoms with Crippen molar-refractivity contribution in [2.75, 3.05) is 0 Å². The van der Waals surface area contributed by atoms with E-state index in [1.165, 1.54) is 11.1 Å². The highest BCUT2D eigenvalue weighted by Gasteiger charge is 2.10. The molecule has 0 spiro atoms. The van der Waals surface area contributed by atoms with Crippen LogP contribution in [0.5, 0.6) is 5.75 Å². The molecule has 19 heavy (non-hydrogen) atoms. The number of benzene rings is 1. The van der Waals surface area contributed by atoms with Crippen LogP contribution in [0.1, 0.15) is 31.0 Å². The van der Waals surface area contributed by atoms with E-state index in [0.717, 1.165) is 6.42 Å². The van der Waals surface area contributed by atoms with Gasteiger partial charge >= 0.3 is 0 Å². The third kappa shape index (κ3) is 4.07. The minimum absolute atomic E-state index is 0.279. The Labute approximate surface area is 114 Å².